The number of benzene rings is 2. The molecule has 26 heavy (non-hydrogen) atoms. The molecule has 1 aliphatic carbocycles. The van der Waals surface area contributed by atoms with Crippen LogP contribution in [0.2, 0.25) is 0 Å². The normalized spacial score (nSPS) is 18.7. The predicted octanol–water partition coefficient (Wildman–Crippen LogP) is 5.10. The smallest absolute Gasteiger partial charge is 0.0367 e. The molecule has 138 valence electrons. The number of rotatable bonds is 7. The Labute approximate surface area is 158 Å². The molecule has 1 heterocycles. The highest BCUT2D eigenvalue weighted by atomic mass is 15.3. The van der Waals surface area contributed by atoms with Crippen LogP contribution in [-0.2, 0) is 6.42 Å². The summed E-state index contributed by atoms with van der Waals surface area (Å²) in [6.07, 6.45) is 8.10. The van der Waals surface area contributed by atoms with E-state index in [4.69, 9.17) is 0 Å². The van der Waals surface area contributed by atoms with Gasteiger partial charge >= 0.3 is 0 Å². The van der Waals surface area contributed by atoms with Crippen LogP contribution in [0.3, 0.4) is 0 Å². The van der Waals surface area contributed by atoms with Crippen LogP contribution in [0.4, 0.5) is 5.69 Å². The SMILES string of the molecule is c1ccc(N2CCN(CCCCc3cccc(C4CCC4)c3)CC2)cc1. The molecule has 0 atom stereocenters. The van der Waals surface area contributed by atoms with E-state index in [1.165, 1.54) is 63.8 Å². The highest BCUT2D eigenvalue weighted by Gasteiger charge is 2.19. The highest BCUT2D eigenvalue weighted by molar-refractivity contribution is 5.46. The molecule has 1 aliphatic heterocycles. The van der Waals surface area contributed by atoms with E-state index in [0.29, 0.717) is 0 Å². The van der Waals surface area contributed by atoms with Crippen molar-refractivity contribution >= 4 is 5.69 Å². The maximum atomic E-state index is 2.64. The van der Waals surface area contributed by atoms with Crippen LogP contribution in [0.25, 0.3) is 0 Å². The Hall–Kier alpha value is -1.80. The van der Waals surface area contributed by atoms with Gasteiger partial charge in [0, 0.05) is 31.9 Å². The van der Waals surface area contributed by atoms with Gasteiger partial charge in [0.2, 0.25) is 0 Å². The zero-order chi connectivity index (χ0) is 17.6. The van der Waals surface area contributed by atoms with Gasteiger partial charge < -0.3 is 4.90 Å². The van der Waals surface area contributed by atoms with Crippen LogP contribution >= 0.6 is 0 Å². The van der Waals surface area contributed by atoms with Crippen molar-refractivity contribution in [3.8, 4) is 0 Å². The quantitative estimate of drug-likeness (QED) is 0.642. The fourth-order valence-electron chi connectivity index (χ4n) is 4.28. The molecule has 2 fully saturated rings. The minimum absolute atomic E-state index is 0.857. The minimum Gasteiger partial charge on any atom is -0.369 e. The van der Waals surface area contributed by atoms with E-state index < -0.39 is 0 Å². The largest absolute Gasteiger partial charge is 0.369 e. The highest BCUT2D eigenvalue weighted by Crippen LogP contribution is 2.36. The molecule has 0 amide bonds. The summed E-state index contributed by atoms with van der Waals surface area (Å²) in [5.74, 6) is 0.857. The van der Waals surface area contributed by atoms with Gasteiger partial charge in [-0.25, -0.2) is 0 Å². The third kappa shape index (κ3) is 4.48. The van der Waals surface area contributed by atoms with E-state index in [1.807, 2.05) is 0 Å². The van der Waals surface area contributed by atoms with Gasteiger partial charge in [0.05, 0.1) is 0 Å². The lowest BCUT2D eigenvalue weighted by molar-refractivity contribution is 0.253. The summed E-state index contributed by atoms with van der Waals surface area (Å²) >= 11 is 0. The number of unbranched alkanes of at least 4 members (excludes halogenated alkanes) is 1. The summed E-state index contributed by atoms with van der Waals surface area (Å²) in [4.78, 5) is 5.16. The molecule has 1 saturated carbocycles. The standard InChI is InChI=1S/C24H32N2/c1-2-13-24(14-3-1)26-18-16-25(17-19-26)15-5-4-8-21-9-6-12-23(20-21)22-10-7-11-22/h1-3,6,9,12-14,20,22H,4-5,7-8,10-11,15-19H2. The first kappa shape index (κ1) is 17.6. The maximum absolute atomic E-state index is 2.64. The maximum Gasteiger partial charge on any atom is 0.0367 e. The number of aryl methyl sites for hydroxylation is 1. The predicted molar refractivity (Wildman–Crippen MR) is 111 cm³/mol. The zero-order valence-electron chi connectivity index (χ0n) is 15.9. The first-order chi connectivity index (χ1) is 12.9. The van der Waals surface area contributed by atoms with Crippen molar-refractivity contribution in [1.29, 1.82) is 0 Å². The van der Waals surface area contributed by atoms with E-state index in [9.17, 15) is 0 Å². The average molecular weight is 349 g/mol. The average Bonchev–Trinajstić information content (AvgIpc) is 2.66. The molecule has 2 nitrogen and oxygen atoms in total. The minimum atomic E-state index is 0.857. The molecule has 0 spiro atoms. The molecule has 0 radical (unpaired) electrons. The van der Waals surface area contributed by atoms with Crippen LogP contribution in [0.1, 0.15) is 49.1 Å². The number of piperazine rings is 1. The summed E-state index contributed by atoms with van der Waals surface area (Å²) in [7, 11) is 0. The number of hydrogen-bond acceptors (Lipinski definition) is 2. The molecule has 1 saturated heterocycles. The van der Waals surface area contributed by atoms with Gasteiger partial charge in [-0.15, -0.1) is 0 Å². The first-order valence-corrected chi connectivity index (χ1v) is 10.5. The Kier molecular flexibility index (Phi) is 5.91. The van der Waals surface area contributed by atoms with Crippen LogP contribution in [0, 0.1) is 0 Å². The summed E-state index contributed by atoms with van der Waals surface area (Å²) in [5.41, 5.74) is 4.51. The van der Waals surface area contributed by atoms with Crippen molar-refractivity contribution in [2.24, 2.45) is 0 Å². The van der Waals surface area contributed by atoms with Crippen molar-refractivity contribution < 1.29 is 0 Å². The molecular weight excluding hydrogens is 316 g/mol. The molecular formula is C24H32N2. The van der Waals surface area contributed by atoms with E-state index in [1.54, 1.807) is 11.1 Å². The molecule has 2 aliphatic rings. The van der Waals surface area contributed by atoms with Crippen molar-refractivity contribution in [2.75, 3.05) is 37.6 Å². The molecule has 4 rings (SSSR count). The van der Waals surface area contributed by atoms with Gasteiger partial charge in [-0.3, -0.25) is 4.90 Å². The van der Waals surface area contributed by atoms with E-state index in [-0.39, 0.29) is 0 Å². The topological polar surface area (TPSA) is 6.48 Å². The van der Waals surface area contributed by atoms with Crippen molar-refractivity contribution in [3.63, 3.8) is 0 Å². The van der Waals surface area contributed by atoms with Crippen molar-refractivity contribution in [3.05, 3.63) is 65.7 Å². The fraction of sp³-hybridized carbons (Fsp3) is 0.500. The molecule has 0 unspecified atom stereocenters. The Balaban J connectivity index is 1.16. The second-order valence-electron chi connectivity index (χ2n) is 7.99. The third-order valence-corrected chi connectivity index (χ3v) is 6.21. The lowest BCUT2D eigenvalue weighted by Crippen LogP contribution is -2.46. The van der Waals surface area contributed by atoms with Gasteiger partial charge in [0.1, 0.15) is 0 Å². The molecule has 2 heteroatoms. The lowest BCUT2D eigenvalue weighted by Gasteiger charge is -2.36. The van der Waals surface area contributed by atoms with Crippen molar-refractivity contribution in [1.82, 2.24) is 4.90 Å². The summed E-state index contributed by atoms with van der Waals surface area (Å²) in [5, 5.41) is 0. The fourth-order valence-corrected chi connectivity index (χ4v) is 4.28. The number of para-hydroxylation sites is 1. The van der Waals surface area contributed by atoms with Gasteiger partial charge in [-0.05, 0) is 67.8 Å². The van der Waals surface area contributed by atoms with Crippen LogP contribution in [0.15, 0.2) is 54.6 Å². The molecule has 2 aromatic rings. The Morgan fingerprint density at radius 3 is 2.35 bits per heavy atom. The molecule has 2 aromatic carbocycles. The van der Waals surface area contributed by atoms with E-state index in [2.05, 4.69) is 64.4 Å². The Morgan fingerprint density at radius 1 is 0.808 bits per heavy atom. The van der Waals surface area contributed by atoms with E-state index in [0.717, 1.165) is 19.0 Å². The van der Waals surface area contributed by atoms with Crippen LogP contribution in [-0.4, -0.2) is 37.6 Å². The zero-order valence-corrected chi connectivity index (χ0v) is 15.9. The Morgan fingerprint density at radius 2 is 1.62 bits per heavy atom. The second-order valence-corrected chi connectivity index (χ2v) is 7.99. The summed E-state index contributed by atoms with van der Waals surface area (Å²) in [6, 6.07) is 20.2. The van der Waals surface area contributed by atoms with Gasteiger partial charge in [-0.1, -0.05) is 48.9 Å². The summed E-state index contributed by atoms with van der Waals surface area (Å²) < 4.78 is 0. The molecule has 0 bridgehead atoms. The van der Waals surface area contributed by atoms with Crippen molar-refractivity contribution in [2.45, 2.75) is 44.4 Å². The van der Waals surface area contributed by atoms with E-state index >= 15 is 0 Å². The molecule has 0 aromatic heterocycles. The lowest BCUT2D eigenvalue weighted by atomic mass is 9.79. The second kappa shape index (κ2) is 8.73. The third-order valence-electron chi connectivity index (χ3n) is 6.21. The number of nitrogens with zero attached hydrogens (tertiary/aromatic N) is 2. The van der Waals surface area contributed by atoms with Crippen LogP contribution < -0.4 is 4.90 Å². The summed E-state index contributed by atoms with van der Waals surface area (Å²) in [6.45, 7) is 5.98. The van der Waals surface area contributed by atoms with Crippen LogP contribution in [0.5, 0.6) is 0 Å². The number of anilines is 1. The van der Waals surface area contributed by atoms with Gasteiger partial charge in [0.25, 0.3) is 0 Å². The first-order valence-electron chi connectivity index (χ1n) is 10.5. The van der Waals surface area contributed by atoms with Gasteiger partial charge in [-0.2, -0.15) is 0 Å². The monoisotopic (exact) mass is 348 g/mol. The number of hydrogen-bond donors (Lipinski definition) is 0. The Bertz CT molecular complexity index is 670. The van der Waals surface area contributed by atoms with Gasteiger partial charge in [0.15, 0.2) is 0 Å². The molecule has 0 N–H and O–H groups in total.